The van der Waals surface area contributed by atoms with Gasteiger partial charge in [0.25, 0.3) is 5.56 Å². The summed E-state index contributed by atoms with van der Waals surface area (Å²) in [5, 5.41) is 2.22. The second-order valence-corrected chi connectivity index (χ2v) is 6.27. The van der Waals surface area contributed by atoms with Crippen molar-refractivity contribution in [2.45, 2.75) is 20.8 Å². The number of aromatic nitrogens is 2. The van der Waals surface area contributed by atoms with Crippen LogP contribution in [0.1, 0.15) is 32.7 Å². The smallest absolute Gasteiger partial charge is 0.282 e. The van der Waals surface area contributed by atoms with E-state index in [-0.39, 0.29) is 15.9 Å². The predicted octanol–water partition coefficient (Wildman–Crippen LogP) is 4.02. The molecule has 0 aliphatic heterocycles. The number of hydrogen-bond acceptors (Lipinski definition) is 2. The van der Waals surface area contributed by atoms with Gasteiger partial charge in [-0.05, 0) is 31.9 Å². The first kappa shape index (κ1) is 19.5. The summed E-state index contributed by atoms with van der Waals surface area (Å²) in [6.45, 7) is 4.57. The Balaban J connectivity index is 2.29. The highest BCUT2D eigenvalue weighted by molar-refractivity contribution is 6.11. The first-order valence-corrected chi connectivity index (χ1v) is 8.02. The van der Waals surface area contributed by atoms with Gasteiger partial charge in [0.1, 0.15) is 11.3 Å². The molecule has 4 nitrogen and oxygen atoms in total. The molecule has 0 saturated carbocycles. The lowest BCUT2D eigenvalue weighted by Crippen LogP contribution is -2.24. The predicted molar refractivity (Wildman–Crippen MR) is 90.3 cm³/mol. The summed E-state index contributed by atoms with van der Waals surface area (Å²) in [4.78, 5) is 25.6. The quantitative estimate of drug-likeness (QED) is 0.315. The van der Waals surface area contributed by atoms with Crippen molar-refractivity contribution in [3.8, 4) is 5.69 Å². The monoisotopic (exact) mass is 396 g/mol. The summed E-state index contributed by atoms with van der Waals surface area (Å²) in [6.07, 6.45) is 0. The summed E-state index contributed by atoms with van der Waals surface area (Å²) < 4.78 is 68.6. The van der Waals surface area contributed by atoms with Crippen LogP contribution in [0.5, 0.6) is 0 Å². The number of rotatable bonds is 3. The molecule has 0 atom stereocenters. The van der Waals surface area contributed by atoms with Gasteiger partial charge in [-0.15, -0.1) is 0 Å². The maximum atomic E-state index is 14.1. The number of H-pyrrole nitrogens is 1. The number of nitrogens with zero attached hydrogens (tertiary/aromatic N) is 1. The molecule has 2 aromatic carbocycles. The Bertz CT molecular complexity index is 1140. The number of carbonyl (C=O) groups excluding carboxylic acids is 1. The van der Waals surface area contributed by atoms with Crippen LogP contribution < -0.4 is 5.56 Å². The molecule has 146 valence electrons. The third-order valence-corrected chi connectivity index (χ3v) is 4.42. The molecule has 28 heavy (non-hydrogen) atoms. The van der Waals surface area contributed by atoms with Gasteiger partial charge in [-0.3, -0.25) is 14.7 Å². The van der Waals surface area contributed by atoms with Crippen LogP contribution in [0, 0.1) is 49.9 Å². The molecule has 3 rings (SSSR count). The van der Waals surface area contributed by atoms with Gasteiger partial charge in [-0.2, -0.15) is 0 Å². The van der Waals surface area contributed by atoms with Crippen molar-refractivity contribution in [3.05, 3.63) is 85.6 Å². The Kier molecular flexibility index (Phi) is 4.70. The summed E-state index contributed by atoms with van der Waals surface area (Å²) in [7, 11) is 0. The molecule has 0 unspecified atom stereocenters. The lowest BCUT2D eigenvalue weighted by atomic mass is 9.95. The van der Waals surface area contributed by atoms with Gasteiger partial charge in [-0.25, -0.2) is 26.6 Å². The van der Waals surface area contributed by atoms with Crippen molar-refractivity contribution in [2.24, 2.45) is 0 Å². The fraction of sp³-hybridized carbons (Fsp3) is 0.158. The molecule has 1 heterocycles. The van der Waals surface area contributed by atoms with E-state index in [2.05, 4.69) is 5.10 Å². The van der Waals surface area contributed by atoms with E-state index in [0.29, 0.717) is 11.1 Å². The van der Waals surface area contributed by atoms with E-state index in [1.807, 2.05) is 0 Å². The molecule has 0 aliphatic carbocycles. The Labute approximate surface area is 155 Å². The Morgan fingerprint density at radius 3 is 1.79 bits per heavy atom. The fourth-order valence-corrected chi connectivity index (χ4v) is 3.06. The average molecular weight is 396 g/mol. The zero-order chi connectivity index (χ0) is 20.9. The third kappa shape index (κ3) is 2.74. The number of ketones is 1. The molecule has 9 heteroatoms. The first-order chi connectivity index (χ1) is 13.1. The van der Waals surface area contributed by atoms with Gasteiger partial charge in [0.2, 0.25) is 11.6 Å². The second kappa shape index (κ2) is 6.74. The van der Waals surface area contributed by atoms with Gasteiger partial charge in [0, 0.05) is 11.3 Å². The summed E-state index contributed by atoms with van der Waals surface area (Å²) in [5.74, 6) is -11.8. The van der Waals surface area contributed by atoms with Gasteiger partial charge in [0.15, 0.2) is 23.3 Å². The number of nitrogens with one attached hydrogen (secondary N) is 1. The standard InChI is InChI=1S/C19H13F5N2O2/c1-7-5-4-6-8(2)10(7)18(27)11-9(3)25-26(19(11)28)17-15(23)13(21)12(20)14(22)16(17)24/h4-6,25H,1-3H3. The van der Waals surface area contributed by atoms with E-state index >= 15 is 0 Å². The molecule has 0 fully saturated rings. The minimum atomic E-state index is -2.35. The Hall–Kier alpha value is -3.23. The minimum absolute atomic E-state index is 0.0819. The van der Waals surface area contributed by atoms with Crippen molar-refractivity contribution in [1.82, 2.24) is 9.78 Å². The first-order valence-electron chi connectivity index (χ1n) is 8.02. The van der Waals surface area contributed by atoms with Crippen molar-refractivity contribution in [1.29, 1.82) is 0 Å². The maximum absolute atomic E-state index is 14.1. The Morgan fingerprint density at radius 1 is 0.821 bits per heavy atom. The van der Waals surface area contributed by atoms with E-state index in [0.717, 1.165) is 0 Å². The molecule has 1 aromatic heterocycles. The summed E-state index contributed by atoms with van der Waals surface area (Å²) in [6, 6.07) is 4.99. The van der Waals surface area contributed by atoms with Gasteiger partial charge >= 0.3 is 0 Å². The van der Waals surface area contributed by atoms with Crippen molar-refractivity contribution in [3.63, 3.8) is 0 Å². The van der Waals surface area contributed by atoms with E-state index in [9.17, 15) is 31.5 Å². The van der Waals surface area contributed by atoms with Crippen LogP contribution >= 0.6 is 0 Å². The lowest BCUT2D eigenvalue weighted by molar-refractivity contribution is 0.103. The number of carbonyl (C=O) groups is 1. The number of hydrogen-bond donors (Lipinski definition) is 1. The normalized spacial score (nSPS) is 11.1. The van der Waals surface area contributed by atoms with Gasteiger partial charge in [-0.1, -0.05) is 18.2 Å². The van der Waals surface area contributed by atoms with Crippen LogP contribution in [0.2, 0.25) is 0 Å². The molecule has 0 amide bonds. The molecule has 0 aliphatic rings. The highest BCUT2D eigenvalue weighted by Gasteiger charge is 2.30. The minimum Gasteiger partial charge on any atom is -0.294 e. The Morgan fingerprint density at radius 2 is 1.29 bits per heavy atom. The van der Waals surface area contributed by atoms with Crippen LogP contribution in [-0.2, 0) is 0 Å². The van der Waals surface area contributed by atoms with Crippen LogP contribution in [0.3, 0.4) is 0 Å². The molecular formula is C19H13F5N2O2. The SMILES string of the molecule is Cc1cccc(C)c1C(=O)c1c(C)[nH]n(-c2c(F)c(F)c(F)c(F)c2F)c1=O. The molecule has 0 spiro atoms. The lowest BCUT2D eigenvalue weighted by Gasteiger charge is -2.08. The molecule has 0 saturated heterocycles. The summed E-state index contributed by atoms with van der Waals surface area (Å²) in [5.41, 5.74) is -1.91. The topological polar surface area (TPSA) is 54.9 Å². The van der Waals surface area contributed by atoms with E-state index < -0.39 is 51.7 Å². The zero-order valence-electron chi connectivity index (χ0n) is 14.9. The fourth-order valence-electron chi connectivity index (χ4n) is 3.06. The molecule has 0 radical (unpaired) electrons. The highest BCUT2D eigenvalue weighted by Crippen LogP contribution is 2.26. The van der Waals surface area contributed by atoms with Crippen LogP contribution in [0.4, 0.5) is 22.0 Å². The van der Waals surface area contributed by atoms with Gasteiger partial charge < -0.3 is 0 Å². The van der Waals surface area contributed by atoms with Crippen molar-refractivity contribution in [2.75, 3.05) is 0 Å². The molecule has 3 aromatic rings. The maximum Gasteiger partial charge on any atom is 0.282 e. The van der Waals surface area contributed by atoms with Crippen molar-refractivity contribution >= 4 is 5.78 Å². The van der Waals surface area contributed by atoms with Crippen LogP contribution in [0.25, 0.3) is 5.69 Å². The van der Waals surface area contributed by atoms with E-state index in [1.54, 1.807) is 32.0 Å². The van der Waals surface area contributed by atoms with E-state index in [1.165, 1.54) is 6.92 Å². The average Bonchev–Trinajstić information content (AvgIpc) is 2.92. The molecule has 1 N–H and O–H groups in total. The summed E-state index contributed by atoms with van der Waals surface area (Å²) >= 11 is 0. The van der Waals surface area contributed by atoms with Crippen LogP contribution in [0.15, 0.2) is 23.0 Å². The zero-order valence-corrected chi connectivity index (χ0v) is 14.9. The third-order valence-electron chi connectivity index (χ3n) is 4.42. The van der Waals surface area contributed by atoms with Gasteiger partial charge in [0.05, 0.1) is 0 Å². The van der Waals surface area contributed by atoms with E-state index in [4.69, 9.17) is 0 Å². The molecular weight excluding hydrogens is 383 g/mol. The van der Waals surface area contributed by atoms with Crippen LogP contribution in [-0.4, -0.2) is 15.6 Å². The van der Waals surface area contributed by atoms with Crippen molar-refractivity contribution < 1.29 is 26.7 Å². The second-order valence-electron chi connectivity index (χ2n) is 6.27. The number of aryl methyl sites for hydroxylation is 3. The number of benzene rings is 2. The number of halogens is 5. The largest absolute Gasteiger partial charge is 0.294 e. The number of aromatic amines is 1. The highest BCUT2D eigenvalue weighted by atomic mass is 19.2. The molecule has 0 bridgehead atoms.